The normalized spacial score (nSPS) is 11.4. The Kier molecular flexibility index (Phi) is 6.72. The van der Waals surface area contributed by atoms with Crippen molar-refractivity contribution in [3.63, 3.8) is 0 Å². The van der Waals surface area contributed by atoms with Gasteiger partial charge in [-0.05, 0) is 115 Å². The highest BCUT2D eigenvalue weighted by Gasteiger charge is 2.20. The molecule has 0 aliphatic heterocycles. The van der Waals surface area contributed by atoms with E-state index in [0.29, 0.717) is 0 Å². The number of fused-ring (bicyclic) bond motifs is 5. The lowest BCUT2D eigenvalue weighted by Gasteiger charge is -2.25. The summed E-state index contributed by atoms with van der Waals surface area (Å²) in [6, 6.07) is 63.4. The van der Waals surface area contributed by atoms with Crippen molar-refractivity contribution in [3.8, 4) is 22.3 Å². The Morgan fingerprint density at radius 2 is 0.917 bits per heavy atom. The zero-order valence-electron chi connectivity index (χ0n) is 26.6. The van der Waals surface area contributed by atoms with Gasteiger partial charge in [0.15, 0.2) is 0 Å². The molecule has 0 aliphatic rings. The second kappa shape index (κ2) is 11.5. The van der Waals surface area contributed by atoms with E-state index in [1.807, 2.05) is 13.0 Å². The number of nitrogens with zero attached hydrogens (tertiary/aromatic N) is 2. The largest absolute Gasteiger partial charge is 0.295 e. The summed E-state index contributed by atoms with van der Waals surface area (Å²) >= 11 is 0. The molecule has 226 valence electrons. The van der Waals surface area contributed by atoms with Crippen LogP contribution in [0.3, 0.4) is 0 Å². The maximum Gasteiger partial charge on any atom is 0.137 e. The molecule has 0 unspecified atom stereocenters. The highest BCUT2D eigenvalue weighted by atomic mass is 15.2. The Balaban J connectivity index is 1.28. The summed E-state index contributed by atoms with van der Waals surface area (Å²) in [6.07, 6.45) is 0. The Labute approximate surface area is 280 Å². The fourth-order valence-electron chi connectivity index (χ4n) is 7.41. The molecule has 0 N–H and O–H groups in total. The fourth-order valence-corrected chi connectivity index (χ4v) is 7.41. The number of para-hydroxylation sites is 1. The minimum absolute atomic E-state index is 0.900. The average molecular weight is 613 g/mol. The molecule has 0 amide bonds. The molecule has 9 rings (SSSR count). The van der Waals surface area contributed by atoms with Crippen molar-refractivity contribution in [2.75, 3.05) is 4.90 Å². The first kappa shape index (κ1) is 28.0. The molecule has 2 heteroatoms. The van der Waals surface area contributed by atoms with E-state index in [-0.39, 0.29) is 0 Å². The molecule has 0 fully saturated rings. The van der Waals surface area contributed by atoms with Gasteiger partial charge < -0.3 is 0 Å². The molecule has 0 aliphatic carbocycles. The predicted octanol–water partition coefficient (Wildman–Crippen LogP) is 12.8. The Hall–Kier alpha value is -6.25. The summed E-state index contributed by atoms with van der Waals surface area (Å²) in [5.41, 5.74) is 8.12. The van der Waals surface area contributed by atoms with Gasteiger partial charge in [0, 0.05) is 17.1 Å². The molecule has 0 saturated heterocycles. The van der Waals surface area contributed by atoms with Crippen molar-refractivity contribution >= 4 is 60.3 Å². The van der Waals surface area contributed by atoms with Gasteiger partial charge in [-0.15, -0.1) is 0 Å². The van der Waals surface area contributed by atoms with Crippen LogP contribution in [-0.2, 0) is 0 Å². The monoisotopic (exact) mass is 612 g/mol. The minimum Gasteiger partial charge on any atom is -0.295 e. The maximum absolute atomic E-state index is 4.89. The molecule has 2 nitrogen and oxygen atoms in total. The van der Waals surface area contributed by atoms with Gasteiger partial charge in [0.25, 0.3) is 0 Å². The Morgan fingerprint density at radius 1 is 0.396 bits per heavy atom. The minimum atomic E-state index is 0.900. The molecule has 1 heterocycles. The zero-order chi connectivity index (χ0) is 32.0. The van der Waals surface area contributed by atoms with Gasteiger partial charge in [0.05, 0.1) is 0 Å². The van der Waals surface area contributed by atoms with Crippen molar-refractivity contribution in [1.29, 1.82) is 0 Å². The van der Waals surface area contributed by atoms with Gasteiger partial charge in [0.1, 0.15) is 5.82 Å². The fraction of sp³-hybridized carbons (Fsp3) is 0.0217. The summed E-state index contributed by atoms with van der Waals surface area (Å²) in [6.45, 7) is 2.04. The molecule has 0 bridgehead atoms. The number of anilines is 3. The lowest BCUT2D eigenvalue weighted by atomic mass is 9.84. The van der Waals surface area contributed by atoms with Gasteiger partial charge in [-0.2, -0.15) is 0 Å². The third-order valence-corrected chi connectivity index (χ3v) is 9.50. The molecular weight excluding hydrogens is 581 g/mol. The molecule has 0 atom stereocenters. The van der Waals surface area contributed by atoms with Crippen molar-refractivity contribution < 1.29 is 0 Å². The summed E-state index contributed by atoms with van der Waals surface area (Å²) < 4.78 is 0. The van der Waals surface area contributed by atoms with E-state index >= 15 is 0 Å². The van der Waals surface area contributed by atoms with Crippen LogP contribution < -0.4 is 4.90 Å². The lowest BCUT2D eigenvalue weighted by molar-refractivity contribution is 1.13. The van der Waals surface area contributed by atoms with Gasteiger partial charge >= 0.3 is 0 Å². The first-order valence-electron chi connectivity index (χ1n) is 16.5. The quantitative estimate of drug-likeness (QED) is 0.142. The first-order chi connectivity index (χ1) is 23.7. The highest BCUT2D eigenvalue weighted by Crippen LogP contribution is 2.47. The standard InChI is InChI=1S/C46H32N2/c1-31-14-13-25-44(47-31)48(34-16-3-2-4-17-34)35-28-26-32(27-29-35)45-39-21-9-11-23-41(39)46(42-24-12-10-22-40(42)45)43-30-33-15-5-6-18-36(33)37-19-7-8-20-38(37)43/h2-30H,1H3. The van der Waals surface area contributed by atoms with Gasteiger partial charge in [-0.1, -0.05) is 133 Å². The van der Waals surface area contributed by atoms with E-state index in [1.54, 1.807) is 0 Å². The van der Waals surface area contributed by atoms with Crippen LogP contribution in [0, 0.1) is 6.92 Å². The number of rotatable bonds is 5. The van der Waals surface area contributed by atoms with E-state index in [1.165, 1.54) is 65.3 Å². The molecule has 8 aromatic carbocycles. The van der Waals surface area contributed by atoms with Crippen LogP contribution in [0.5, 0.6) is 0 Å². The van der Waals surface area contributed by atoms with E-state index in [2.05, 4.69) is 175 Å². The SMILES string of the molecule is Cc1cccc(N(c2ccccc2)c2ccc(-c3c4ccccc4c(-c4cc5ccccc5c5ccccc45)c4ccccc34)cc2)n1. The molecule has 48 heavy (non-hydrogen) atoms. The van der Waals surface area contributed by atoms with Crippen LogP contribution >= 0.6 is 0 Å². The van der Waals surface area contributed by atoms with E-state index in [9.17, 15) is 0 Å². The Morgan fingerprint density at radius 3 is 1.56 bits per heavy atom. The van der Waals surface area contributed by atoms with E-state index in [4.69, 9.17) is 4.98 Å². The summed E-state index contributed by atoms with van der Waals surface area (Å²) in [4.78, 5) is 7.12. The van der Waals surface area contributed by atoms with Crippen molar-refractivity contribution in [2.24, 2.45) is 0 Å². The van der Waals surface area contributed by atoms with E-state index < -0.39 is 0 Å². The topological polar surface area (TPSA) is 16.1 Å². The Bertz CT molecular complexity index is 2560. The first-order valence-corrected chi connectivity index (χ1v) is 16.5. The van der Waals surface area contributed by atoms with Crippen molar-refractivity contribution in [2.45, 2.75) is 6.92 Å². The third kappa shape index (κ3) is 4.61. The number of aryl methyl sites for hydroxylation is 1. The second-order valence-electron chi connectivity index (χ2n) is 12.4. The second-order valence-corrected chi connectivity index (χ2v) is 12.4. The number of hydrogen-bond donors (Lipinski definition) is 0. The van der Waals surface area contributed by atoms with E-state index in [0.717, 1.165) is 22.9 Å². The van der Waals surface area contributed by atoms with Crippen molar-refractivity contribution in [3.05, 3.63) is 182 Å². The molecule has 0 spiro atoms. The molecule has 1 aromatic heterocycles. The summed E-state index contributed by atoms with van der Waals surface area (Å²) in [5.74, 6) is 0.900. The molecule has 0 radical (unpaired) electrons. The van der Waals surface area contributed by atoms with Gasteiger partial charge in [-0.3, -0.25) is 4.90 Å². The predicted molar refractivity (Wildman–Crippen MR) is 205 cm³/mol. The van der Waals surface area contributed by atoms with Crippen LogP contribution in [0.2, 0.25) is 0 Å². The van der Waals surface area contributed by atoms with Crippen LogP contribution in [0.4, 0.5) is 17.2 Å². The van der Waals surface area contributed by atoms with Gasteiger partial charge in [-0.25, -0.2) is 4.98 Å². The lowest BCUT2D eigenvalue weighted by Crippen LogP contribution is -2.11. The molecule has 0 saturated carbocycles. The van der Waals surface area contributed by atoms with Crippen LogP contribution in [0.25, 0.3) is 65.3 Å². The summed E-state index contributed by atoms with van der Waals surface area (Å²) in [5, 5.41) is 10.1. The van der Waals surface area contributed by atoms with Crippen molar-refractivity contribution in [1.82, 2.24) is 4.98 Å². The molecular formula is C46H32N2. The maximum atomic E-state index is 4.89. The highest BCUT2D eigenvalue weighted by molar-refractivity contribution is 6.25. The average Bonchev–Trinajstić information content (AvgIpc) is 3.14. The third-order valence-electron chi connectivity index (χ3n) is 9.50. The van der Waals surface area contributed by atoms with Crippen LogP contribution in [-0.4, -0.2) is 4.98 Å². The summed E-state index contributed by atoms with van der Waals surface area (Å²) in [7, 11) is 0. The van der Waals surface area contributed by atoms with Gasteiger partial charge in [0.2, 0.25) is 0 Å². The number of aromatic nitrogens is 1. The zero-order valence-corrected chi connectivity index (χ0v) is 26.6. The smallest absolute Gasteiger partial charge is 0.137 e. The number of hydrogen-bond acceptors (Lipinski definition) is 2. The van der Waals surface area contributed by atoms with Crippen LogP contribution in [0.1, 0.15) is 5.69 Å². The number of benzene rings is 8. The number of pyridine rings is 1. The van der Waals surface area contributed by atoms with Crippen LogP contribution in [0.15, 0.2) is 176 Å². The molecule has 9 aromatic rings.